The Morgan fingerprint density at radius 1 is 0.519 bits per heavy atom. The van der Waals surface area contributed by atoms with Crippen molar-refractivity contribution in [1.82, 2.24) is 19.8 Å². The number of carbonyl (C=O) groups is 1. The number of carboxylic acid groups (broad SMARTS) is 1. The second-order valence-electron chi connectivity index (χ2n) is 18.8. The van der Waals surface area contributed by atoms with Gasteiger partial charge in [0.05, 0.1) is 31.1 Å². The predicted molar refractivity (Wildman–Crippen MR) is 300 cm³/mol. The monoisotopic (exact) mass is 1030 g/mol. The van der Waals surface area contributed by atoms with Crippen LogP contribution in [0, 0.1) is 20.8 Å². The molecule has 0 atom stereocenters. The summed E-state index contributed by atoms with van der Waals surface area (Å²) in [5, 5.41) is 28.0. The molecule has 0 aliphatic carbocycles. The Morgan fingerprint density at radius 2 is 0.948 bits per heavy atom. The van der Waals surface area contributed by atoms with Gasteiger partial charge in [0.2, 0.25) is 11.8 Å². The molecule has 0 aliphatic heterocycles. The van der Waals surface area contributed by atoms with Gasteiger partial charge < -0.3 is 38.2 Å². The van der Waals surface area contributed by atoms with E-state index in [9.17, 15) is 19.9 Å². The van der Waals surface area contributed by atoms with Gasteiger partial charge in [0.15, 0.2) is 0 Å². The molecule has 0 aliphatic rings. The first-order valence-electron chi connectivity index (χ1n) is 25.8. The standard InChI is InChI=1S/C35H34N2O5.C28H31BN2O4/c1-25-7-6-10-32(21-25)42-31-17-13-28(14-18-31)23-37(24-34(38)39)22-27-11-15-30(16-12-27)40-20-19-33-26(2)41-35(36-33)29-8-4-3-5-9-29;1-3-31(19-22-9-13-25(14-10-22)29(32)33)20-23-11-15-26(16-12-23)34-18-17-27-21(2)35-28(30-27)24-7-5-4-6-8-24/h3-18,21H,19-20,22-24H2,1-2H3,(H,38,39);4-16,32-33H,3,17-20H2,1-2H3. The molecule has 0 unspecified atom stereocenters. The Hall–Kier alpha value is -8.27. The van der Waals surface area contributed by atoms with E-state index in [1.54, 1.807) is 12.1 Å². The van der Waals surface area contributed by atoms with Gasteiger partial charge in [0.1, 0.15) is 34.5 Å². The highest BCUT2D eigenvalue weighted by molar-refractivity contribution is 6.58. The predicted octanol–water partition coefficient (Wildman–Crippen LogP) is 11.4. The third kappa shape index (κ3) is 16.9. The zero-order chi connectivity index (χ0) is 53.9. The Labute approximate surface area is 451 Å². The lowest BCUT2D eigenvalue weighted by atomic mass is 9.80. The minimum atomic E-state index is -1.43. The molecule has 0 saturated heterocycles. The van der Waals surface area contributed by atoms with Crippen molar-refractivity contribution in [3.63, 3.8) is 0 Å². The molecule has 3 N–H and O–H groups in total. The van der Waals surface area contributed by atoms with Crippen molar-refractivity contribution in [1.29, 1.82) is 0 Å². The first kappa shape index (κ1) is 55.0. The zero-order valence-electron chi connectivity index (χ0n) is 44.0. The van der Waals surface area contributed by atoms with Crippen LogP contribution in [0.25, 0.3) is 22.9 Å². The summed E-state index contributed by atoms with van der Waals surface area (Å²) in [7, 11) is -1.43. The Morgan fingerprint density at radius 3 is 1.36 bits per heavy atom. The number of oxazole rings is 2. The van der Waals surface area contributed by atoms with Gasteiger partial charge >= 0.3 is 13.1 Å². The Bertz CT molecular complexity index is 3220. The molecule has 2 heterocycles. The molecule has 0 radical (unpaired) electrons. The van der Waals surface area contributed by atoms with E-state index < -0.39 is 13.1 Å². The van der Waals surface area contributed by atoms with Crippen molar-refractivity contribution in [2.75, 3.05) is 26.3 Å². The van der Waals surface area contributed by atoms with Gasteiger partial charge in [-0.25, -0.2) is 9.97 Å². The van der Waals surface area contributed by atoms with Gasteiger partial charge in [0, 0.05) is 50.1 Å². The number of ether oxygens (including phenoxy) is 3. The highest BCUT2D eigenvalue weighted by Crippen LogP contribution is 2.26. The number of carboxylic acids is 1. The number of aryl methyl sites for hydroxylation is 3. The first-order chi connectivity index (χ1) is 37.4. The number of aromatic nitrogens is 2. The molecule has 2 aromatic heterocycles. The normalized spacial score (nSPS) is 11.1. The highest BCUT2D eigenvalue weighted by Gasteiger charge is 2.16. The van der Waals surface area contributed by atoms with Gasteiger partial charge in [-0.3, -0.25) is 14.6 Å². The summed E-state index contributed by atoms with van der Waals surface area (Å²) >= 11 is 0. The molecule has 394 valence electrons. The quantitative estimate of drug-likeness (QED) is 0.0490. The molecule has 14 heteroatoms. The van der Waals surface area contributed by atoms with Crippen LogP contribution in [0.5, 0.6) is 23.0 Å². The largest absolute Gasteiger partial charge is 0.493 e. The van der Waals surface area contributed by atoms with Crippen LogP contribution in [0.4, 0.5) is 0 Å². The molecule has 0 saturated carbocycles. The summed E-state index contributed by atoms with van der Waals surface area (Å²) in [5.74, 6) is 5.11. The molecular formula is C63H65BN4O9. The van der Waals surface area contributed by atoms with Crippen molar-refractivity contribution < 1.29 is 43.0 Å². The lowest BCUT2D eigenvalue weighted by Gasteiger charge is -2.21. The molecule has 0 fully saturated rings. The number of aliphatic carboxylic acids is 1. The van der Waals surface area contributed by atoms with Crippen LogP contribution in [0.3, 0.4) is 0 Å². The van der Waals surface area contributed by atoms with Crippen molar-refractivity contribution >= 4 is 18.6 Å². The average molecular weight is 1030 g/mol. The maximum Gasteiger partial charge on any atom is 0.488 e. The smallest absolute Gasteiger partial charge is 0.488 e. The maximum atomic E-state index is 11.6. The van der Waals surface area contributed by atoms with E-state index in [1.807, 2.05) is 183 Å². The molecule has 13 nitrogen and oxygen atoms in total. The van der Waals surface area contributed by atoms with Crippen LogP contribution in [0.1, 0.15) is 57.6 Å². The average Bonchev–Trinajstić information content (AvgIpc) is 4.01. The number of rotatable bonds is 24. The van der Waals surface area contributed by atoms with Crippen molar-refractivity contribution in [2.24, 2.45) is 0 Å². The van der Waals surface area contributed by atoms with E-state index in [2.05, 4.69) is 33.9 Å². The molecule has 9 rings (SSSR count). The summed E-state index contributed by atoms with van der Waals surface area (Å²) in [6, 6.07) is 58.7. The van der Waals surface area contributed by atoms with Gasteiger partial charge in [0.25, 0.3) is 0 Å². The third-order valence-corrected chi connectivity index (χ3v) is 12.7. The van der Waals surface area contributed by atoms with E-state index in [0.29, 0.717) is 56.4 Å². The van der Waals surface area contributed by atoms with Crippen LogP contribution < -0.4 is 19.7 Å². The highest BCUT2D eigenvalue weighted by atomic mass is 16.5. The second kappa shape index (κ2) is 27.5. The summed E-state index contributed by atoms with van der Waals surface area (Å²) in [4.78, 5) is 25.1. The summed E-state index contributed by atoms with van der Waals surface area (Å²) in [6.45, 7) is 12.5. The fourth-order valence-corrected chi connectivity index (χ4v) is 8.59. The van der Waals surface area contributed by atoms with E-state index in [0.717, 1.165) is 98.9 Å². The molecule has 9 aromatic rings. The number of hydrogen-bond donors (Lipinski definition) is 3. The topological polar surface area (TPSA) is 164 Å². The van der Waals surface area contributed by atoms with E-state index >= 15 is 0 Å². The number of hydrogen-bond acceptors (Lipinski definition) is 12. The molecule has 0 spiro atoms. The molecule has 77 heavy (non-hydrogen) atoms. The Kier molecular flexibility index (Phi) is 19.6. The third-order valence-electron chi connectivity index (χ3n) is 12.7. The first-order valence-corrected chi connectivity index (χ1v) is 25.8. The van der Waals surface area contributed by atoms with Crippen molar-refractivity contribution in [3.8, 4) is 45.9 Å². The van der Waals surface area contributed by atoms with Gasteiger partial charge in [-0.05, 0) is 133 Å². The summed E-state index contributed by atoms with van der Waals surface area (Å²) in [6.07, 6.45) is 1.31. The van der Waals surface area contributed by atoms with Crippen LogP contribution in [0.15, 0.2) is 191 Å². The van der Waals surface area contributed by atoms with E-state index in [-0.39, 0.29) is 6.54 Å². The van der Waals surface area contributed by atoms with Crippen LogP contribution in [-0.4, -0.2) is 74.3 Å². The molecular weight excluding hydrogens is 968 g/mol. The second-order valence-corrected chi connectivity index (χ2v) is 18.8. The van der Waals surface area contributed by atoms with Crippen molar-refractivity contribution in [3.05, 3.63) is 233 Å². The lowest BCUT2D eigenvalue weighted by molar-refractivity contribution is -0.138. The minimum absolute atomic E-state index is 0.0676. The fraction of sp³-hybridized carbons (Fsp3) is 0.222. The summed E-state index contributed by atoms with van der Waals surface area (Å²) in [5.41, 5.74) is 9.70. The van der Waals surface area contributed by atoms with E-state index in [1.165, 1.54) is 5.56 Å². The van der Waals surface area contributed by atoms with Crippen LogP contribution in [0.2, 0.25) is 0 Å². The SMILES string of the molecule is CCN(Cc1ccc(OCCc2nc(-c3ccccc3)oc2C)cc1)Cc1ccc(B(O)O)cc1.Cc1cccc(Oc2ccc(CN(CC(=O)O)Cc3ccc(OCCc4nc(-c5ccccc5)oc4C)cc3)cc2)c1. The lowest BCUT2D eigenvalue weighted by Crippen LogP contribution is -2.29. The molecule has 0 bridgehead atoms. The molecule has 0 amide bonds. The van der Waals surface area contributed by atoms with Crippen LogP contribution in [-0.2, 0) is 43.8 Å². The van der Waals surface area contributed by atoms with Gasteiger partial charge in [-0.15, -0.1) is 0 Å². The maximum absolute atomic E-state index is 11.6. The van der Waals surface area contributed by atoms with Gasteiger partial charge in [-0.1, -0.05) is 116 Å². The van der Waals surface area contributed by atoms with Crippen LogP contribution >= 0.6 is 0 Å². The van der Waals surface area contributed by atoms with Crippen molar-refractivity contribution in [2.45, 2.75) is 66.7 Å². The minimum Gasteiger partial charge on any atom is -0.493 e. The number of nitrogens with zero attached hydrogens (tertiary/aromatic N) is 4. The molecule has 7 aromatic carbocycles. The van der Waals surface area contributed by atoms with Gasteiger partial charge in [-0.2, -0.15) is 0 Å². The zero-order valence-corrected chi connectivity index (χ0v) is 44.0. The number of benzene rings is 7. The Balaban J connectivity index is 0.000000207. The summed E-state index contributed by atoms with van der Waals surface area (Å²) < 4.78 is 29.5. The fourth-order valence-electron chi connectivity index (χ4n) is 8.59. The van der Waals surface area contributed by atoms with E-state index in [4.69, 9.17) is 23.0 Å².